The van der Waals surface area contributed by atoms with Gasteiger partial charge in [-0.05, 0) is 73.7 Å². The second kappa shape index (κ2) is 7.97. The highest BCUT2D eigenvalue weighted by Gasteiger charge is 2.20. The predicted octanol–water partition coefficient (Wildman–Crippen LogP) is 7.39. The zero-order valence-electron chi connectivity index (χ0n) is 16.7. The molecule has 5 nitrogen and oxygen atoms in total. The molecule has 0 saturated heterocycles. The first-order valence-corrected chi connectivity index (χ1v) is 10.9. The zero-order chi connectivity index (χ0) is 22.4. The van der Waals surface area contributed by atoms with Gasteiger partial charge in [-0.1, -0.05) is 27.5 Å². The third-order valence-corrected chi connectivity index (χ3v) is 5.95. The van der Waals surface area contributed by atoms with Gasteiger partial charge in [0.1, 0.15) is 11.2 Å². The number of aryl methyl sites for hydroxylation is 1. The number of carbonyl (C=O) groups excluding carboxylic acids is 2. The molecule has 158 valence electrons. The molecule has 0 fully saturated rings. The standard InChI is InChI=1S/C25H15BrClNO4/c1-13-19-12-18(28-25(30)22-11-15-10-16(26)4-8-20(15)31-22)7-9-21(19)32-24(13)23(29)14-2-5-17(27)6-3-14/h2-12H,1H3,(H,28,30). The number of hydrogen-bond acceptors (Lipinski definition) is 4. The normalized spacial score (nSPS) is 11.2. The number of ketones is 1. The molecule has 0 aliphatic carbocycles. The summed E-state index contributed by atoms with van der Waals surface area (Å²) in [7, 11) is 0. The van der Waals surface area contributed by atoms with Crippen molar-refractivity contribution in [2.24, 2.45) is 0 Å². The summed E-state index contributed by atoms with van der Waals surface area (Å²) in [5, 5.41) is 4.97. The van der Waals surface area contributed by atoms with Crippen LogP contribution in [0.2, 0.25) is 5.02 Å². The number of rotatable bonds is 4. The lowest BCUT2D eigenvalue weighted by Crippen LogP contribution is -2.10. The van der Waals surface area contributed by atoms with Crippen LogP contribution in [-0.4, -0.2) is 11.7 Å². The first-order valence-electron chi connectivity index (χ1n) is 9.73. The molecule has 5 aromatic rings. The average Bonchev–Trinajstić information content (AvgIpc) is 3.35. The molecule has 0 spiro atoms. The minimum atomic E-state index is -0.365. The van der Waals surface area contributed by atoms with Gasteiger partial charge in [0.05, 0.1) is 0 Å². The summed E-state index contributed by atoms with van der Waals surface area (Å²) in [4.78, 5) is 25.6. The minimum absolute atomic E-state index is 0.209. The van der Waals surface area contributed by atoms with Gasteiger partial charge >= 0.3 is 0 Å². The van der Waals surface area contributed by atoms with Crippen molar-refractivity contribution >= 4 is 66.8 Å². The minimum Gasteiger partial charge on any atom is -0.452 e. The van der Waals surface area contributed by atoms with Crippen LogP contribution in [0.15, 0.2) is 80.0 Å². The maximum Gasteiger partial charge on any atom is 0.291 e. The van der Waals surface area contributed by atoms with E-state index in [1.807, 2.05) is 19.1 Å². The Kier molecular flexibility index (Phi) is 5.12. The lowest BCUT2D eigenvalue weighted by molar-refractivity contribution is 0.0995. The van der Waals surface area contributed by atoms with E-state index in [1.165, 1.54) is 0 Å². The maximum atomic E-state index is 12.9. The van der Waals surface area contributed by atoms with Crippen molar-refractivity contribution in [1.29, 1.82) is 0 Å². The van der Waals surface area contributed by atoms with Crippen molar-refractivity contribution in [3.05, 3.63) is 98.9 Å². The fraction of sp³-hybridized carbons (Fsp3) is 0.0400. The van der Waals surface area contributed by atoms with E-state index >= 15 is 0 Å². The third-order valence-electron chi connectivity index (χ3n) is 5.21. The molecule has 0 unspecified atom stereocenters. The smallest absolute Gasteiger partial charge is 0.291 e. The molecule has 2 heterocycles. The van der Waals surface area contributed by atoms with Gasteiger partial charge in [-0.15, -0.1) is 0 Å². The van der Waals surface area contributed by atoms with Crippen molar-refractivity contribution in [2.75, 3.05) is 5.32 Å². The quantitative estimate of drug-likeness (QED) is 0.257. The Balaban J connectivity index is 1.44. The fourth-order valence-corrected chi connectivity index (χ4v) is 4.07. The SMILES string of the molecule is Cc1c(C(=O)c2ccc(Cl)cc2)oc2ccc(NC(=O)c3cc4cc(Br)ccc4o3)cc12. The largest absolute Gasteiger partial charge is 0.452 e. The number of benzene rings is 3. The fourth-order valence-electron chi connectivity index (χ4n) is 3.57. The molecule has 5 rings (SSSR count). The molecular weight excluding hydrogens is 494 g/mol. The van der Waals surface area contributed by atoms with Gasteiger partial charge < -0.3 is 14.2 Å². The average molecular weight is 509 g/mol. The van der Waals surface area contributed by atoms with Crippen LogP contribution in [0.1, 0.15) is 32.2 Å². The number of fused-ring (bicyclic) bond motifs is 2. The first kappa shape index (κ1) is 20.5. The van der Waals surface area contributed by atoms with Crippen LogP contribution in [0.4, 0.5) is 5.69 Å². The van der Waals surface area contributed by atoms with Gasteiger partial charge in [0.15, 0.2) is 11.5 Å². The topological polar surface area (TPSA) is 72.5 Å². The van der Waals surface area contributed by atoms with Crippen LogP contribution < -0.4 is 5.32 Å². The monoisotopic (exact) mass is 507 g/mol. The number of amides is 1. The Bertz CT molecular complexity index is 1510. The molecule has 0 aliphatic heterocycles. The Morgan fingerprint density at radius 3 is 2.44 bits per heavy atom. The molecule has 0 bridgehead atoms. The van der Waals surface area contributed by atoms with Gasteiger partial charge in [0.2, 0.25) is 5.78 Å². The van der Waals surface area contributed by atoms with Crippen molar-refractivity contribution in [1.82, 2.24) is 0 Å². The maximum absolute atomic E-state index is 12.9. The van der Waals surface area contributed by atoms with E-state index < -0.39 is 0 Å². The summed E-state index contributed by atoms with van der Waals surface area (Å²) >= 11 is 9.32. The van der Waals surface area contributed by atoms with E-state index in [-0.39, 0.29) is 23.2 Å². The summed E-state index contributed by atoms with van der Waals surface area (Å²) in [6.45, 7) is 1.82. The van der Waals surface area contributed by atoms with Crippen LogP contribution in [0.3, 0.4) is 0 Å². The summed E-state index contributed by atoms with van der Waals surface area (Å²) in [5.41, 5.74) is 2.95. The van der Waals surface area contributed by atoms with E-state index in [0.29, 0.717) is 33.0 Å². The van der Waals surface area contributed by atoms with E-state index in [9.17, 15) is 9.59 Å². The number of anilines is 1. The number of hydrogen-bond donors (Lipinski definition) is 1. The van der Waals surface area contributed by atoms with Crippen molar-refractivity contribution in [3.63, 3.8) is 0 Å². The Morgan fingerprint density at radius 2 is 1.66 bits per heavy atom. The van der Waals surface area contributed by atoms with Gasteiger partial charge in [-0.2, -0.15) is 0 Å². The predicted molar refractivity (Wildman–Crippen MR) is 128 cm³/mol. The first-order chi connectivity index (χ1) is 15.4. The van der Waals surface area contributed by atoms with Crippen LogP contribution in [0, 0.1) is 6.92 Å². The highest BCUT2D eigenvalue weighted by atomic mass is 79.9. The third kappa shape index (κ3) is 3.72. The highest BCUT2D eigenvalue weighted by Crippen LogP contribution is 2.30. The molecule has 0 aliphatic rings. The summed E-state index contributed by atoms with van der Waals surface area (Å²) in [6.07, 6.45) is 0. The molecule has 1 N–H and O–H groups in total. The molecule has 1 amide bonds. The summed E-state index contributed by atoms with van der Waals surface area (Å²) in [5.74, 6) is -0.126. The van der Waals surface area contributed by atoms with E-state index in [1.54, 1.807) is 54.6 Å². The lowest BCUT2D eigenvalue weighted by Gasteiger charge is -2.03. The molecule has 0 radical (unpaired) electrons. The number of nitrogens with one attached hydrogen (secondary N) is 1. The van der Waals surface area contributed by atoms with Gasteiger partial charge in [0.25, 0.3) is 5.91 Å². The van der Waals surface area contributed by atoms with Crippen molar-refractivity contribution < 1.29 is 18.4 Å². The highest BCUT2D eigenvalue weighted by molar-refractivity contribution is 9.10. The number of furan rings is 2. The molecular formula is C25H15BrClNO4. The summed E-state index contributed by atoms with van der Waals surface area (Å²) < 4.78 is 12.4. The molecule has 0 atom stereocenters. The Morgan fingerprint density at radius 1 is 0.906 bits per heavy atom. The van der Waals surface area contributed by atoms with Crippen LogP contribution in [-0.2, 0) is 0 Å². The Hall–Kier alpha value is -3.35. The van der Waals surface area contributed by atoms with E-state index in [2.05, 4.69) is 21.2 Å². The van der Waals surface area contributed by atoms with E-state index in [4.69, 9.17) is 20.4 Å². The van der Waals surface area contributed by atoms with Gasteiger partial charge in [-0.3, -0.25) is 9.59 Å². The Labute approximate surface area is 196 Å². The molecule has 32 heavy (non-hydrogen) atoms. The molecule has 3 aromatic carbocycles. The van der Waals surface area contributed by atoms with Crippen LogP contribution >= 0.6 is 27.5 Å². The summed E-state index contributed by atoms with van der Waals surface area (Å²) in [6, 6.07) is 19.1. The zero-order valence-corrected chi connectivity index (χ0v) is 19.1. The molecule has 7 heteroatoms. The molecule has 0 saturated carbocycles. The number of halogens is 2. The van der Waals surface area contributed by atoms with Crippen LogP contribution in [0.25, 0.3) is 21.9 Å². The second-order valence-corrected chi connectivity index (χ2v) is 8.70. The second-order valence-electron chi connectivity index (χ2n) is 7.35. The van der Waals surface area contributed by atoms with Gasteiger partial charge in [0, 0.05) is 37.1 Å². The van der Waals surface area contributed by atoms with Crippen molar-refractivity contribution in [2.45, 2.75) is 6.92 Å². The van der Waals surface area contributed by atoms with Gasteiger partial charge in [-0.25, -0.2) is 0 Å². The van der Waals surface area contributed by atoms with Crippen LogP contribution in [0.5, 0.6) is 0 Å². The lowest BCUT2D eigenvalue weighted by atomic mass is 10.0. The van der Waals surface area contributed by atoms with E-state index in [0.717, 1.165) is 15.2 Å². The molecule has 2 aromatic heterocycles. The number of carbonyl (C=O) groups is 2. The van der Waals surface area contributed by atoms with Crippen molar-refractivity contribution in [3.8, 4) is 0 Å².